The zero-order chi connectivity index (χ0) is 8.15. The van der Waals surface area contributed by atoms with Crippen LogP contribution in [0.5, 0.6) is 0 Å². The van der Waals surface area contributed by atoms with E-state index in [1.165, 1.54) is 0 Å². The van der Waals surface area contributed by atoms with Crippen LogP contribution in [0.25, 0.3) is 0 Å². The van der Waals surface area contributed by atoms with E-state index in [1.54, 1.807) is 13.1 Å². The molecule has 0 aromatic rings. The average molecular weight is 145 g/mol. The minimum absolute atomic E-state index is 0.255. The molecule has 0 aromatic carbocycles. The third kappa shape index (κ3) is 5.59. The first-order chi connectivity index (χ1) is 4.52. The molecule has 0 radical (unpaired) electrons. The van der Waals surface area contributed by atoms with E-state index >= 15 is 0 Å². The van der Waals surface area contributed by atoms with Crippen LogP contribution in [0.15, 0.2) is 11.8 Å². The van der Waals surface area contributed by atoms with Gasteiger partial charge in [0.05, 0.1) is 12.6 Å². The van der Waals surface area contributed by atoms with Gasteiger partial charge < -0.3 is 5.11 Å². The first-order valence-electron chi connectivity index (χ1n) is 3.31. The van der Waals surface area contributed by atoms with Gasteiger partial charge >= 0.3 is 0 Å². The number of hydrogen-bond acceptors (Lipinski definition) is 3. The number of allylic oxidation sites excluding steroid dienone is 1. The molecule has 0 aliphatic carbocycles. The molecule has 3 nitrogen and oxygen atoms in total. The van der Waals surface area contributed by atoms with Gasteiger partial charge in [-0.15, -0.1) is 0 Å². The van der Waals surface area contributed by atoms with E-state index in [9.17, 15) is 0 Å². The van der Waals surface area contributed by atoms with E-state index in [0.29, 0.717) is 0 Å². The van der Waals surface area contributed by atoms with Crippen molar-refractivity contribution in [3.05, 3.63) is 11.8 Å². The van der Waals surface area contributed by atoms with Crippen LogP contribution in [0, 0.1) is 0 Å². The highest BCUT2D eigenvalue weighted by Gasteiger charge is 1.98. The van der Waals surface area contributed by atoms with Gasteiger partial charge in [-0.1, -0.05) is 5.57 Å². The Balaban J connectivity index is 3.64. The molecule has 0 bridgehead atoms. The molecule has 0 spiro atoms. The highest BCUT2D eigenvalue weighted by Crippen LogP contribution is 1.93. The van der Waals surface area contributed by atoms with Gasteiger partial charge in [-0.2, -0.15) is 0 Å². The summed E-state index contributed by atoms with van der Waals surface area (Å²) in [7, 11) is 0. The van der Waals surface area contributed by atoms with E-state index in [2.05, 4.69) is 0 Å². The summed E-state index contributed by atoms with van der Waals surface area (Å²) < 4.78 is 0. The standard InChI is InChI=1S/C7H15NO2/c1-6(2)4-8(10)5-7(3)9/h4,7,9-10H,5H2,1-3H3. The highest BCUT2D eigenvalue weighted by molar-refractivity contribution is 4.90. The van der Waals surface area contributed by atoms with Gasteiger partial charge in [0, 0.05) is 6.20 Å². The van der Waals surface area contributed by atoms with Crippen molar-refractivity contribution < 1.29 is 10.3 Å². The molecule has 3 heteroatoms. The number of nitrogens with zero attached hydrogens (tertiary/aromatic N) is 1. The monoisotopic (exact) mass is 145 g/mol. The second-order valence-corrected chi connectivity index (χ2v) is 2.68. The molecular formula is C7H15NO2. The zero-order valence-electron chi connectivity index (χ0n) is 6.70. The van der Waals surface area contributed by atoms with E-state index < -0.39 is 6.10 Å². The van der Waals surface area contributed by atoms with Crippen LogP contribution in [0.1, 0.15) is 20.8 Å². The second kappa shape index (κ2) is 4.30. The molecule has 60 valence electrons. The molecule has 10 heavy (non-hydrogen) atoms. The fraction of sp³-hybridized carbons (Fsp3) is 0.714. The minimum atomic E-state index is -0.499. The molecule has 0 aliphatic rings. The smallest absolute Gasteiger partial charge is 0.0712 e. The molecule has 0 saturated heterocycles. The Labute approximate surface area is 61.5 Å². The maximum Gasteiger partial charge on any atom is 0.0712 e. The van der Waals surface area contributed by atoms with Gasteiger partial charge in [-0.05, 0) is 20.8 Å². The molecule has 1 unspecified atom stereocenters. The number of hydrogen-bond donors (Lipinski definition) is 2. The summed E-state index contributed by atoms with van der Waals surface area (Å²) in [5.41, 5.74) is 1.00. The number of rotatable bonds is 3. The fourth-order valence-electron chi connectivity index (χ4n) is 0.621. The minimum Gasteiger partial charge on any atom is -0.391 e. The van der Waals surface area contributed by atoms with E-state index in [-0.39, 0.29) is 6.54 Å². The lowest BCUT2D eigenvalue weighted by Crippen LogP contribution is -2.23. The van der Waals surface area contributed by atoms with Crippen molar-refractivity contribution in [2.45, 2.75) is 26.9 Å². The van der Waals surface area contributed by atoms with Crippen molar-refractivity contribution in [3.8, 4) is 0 Å². The molecule has 1 atom stereocenters. The third-order valence-corrected chi connectivity index (χ3v) is 0.859. The van der Waals surface area contributed by atoms with Gasteiger partial charge in [0.15, 0.2) is 0 Å². The Morgan fingerprint density at radius 2 is 2.10 bits per heavy atom. The van der Waals surface area contributed by atoms with Crippen molar-refractivity contribution in [2.75, 3.05) is 6.54 Å². The first kappa shape index (κ1) is 9.46. The SMILES string of the molecule is CC(C)=CN(O)CC(C)O. The molecule has 0 heterocycles. The lowest BCUT2D eigenvalue weighted by atomic mass is 10.3. The van der Waals surface area contributed by atoms with Crippen molar-refractivity contribution in [1.29, 1.82) is 0 Å². The van der Waals surface area contributed by atoms with Crippen molar-refractivity contribution in [2.24, 2.45) is 0 Å². The number of hydroxylamine groups is 2. The Morgan fingerprint density at radius 3 is 2.40 bits per heavy atom. The lowest BCUT2D eigenvalue weighted by molar-refractivity contribution is -0.0661. The van der Waals surface area contributed by atoms with Crippen LogP contribution in [0.4, 0.5) is 0 Å². The lowest BCUT2D eigenvalue weighted by Gasteiger charge is -2.13. The summed E-state index contributed by atoms with van der Waals surface area (Å²) in [6.45, 7) is 5.64. The van der Waals surface area contributed by atoms with E-state index in [4.69, 9.17) is 10.3 Å². The van der Waals surface area contributed by atoms with Gasteiger partial charge in [-0.25, -0.2) is 0 Å². The molecule has 0 aromatic heterocycles. The molecule has 0 amide bonds. The van der Waals surface area contributed by atoms with Gasteiger partial charge in [-0.3, -0.25) is 10.3 Å². The summed E-state index contributed by atoms with van der Waals surface area (Å²) in [5, 5.41) is 18.8. The van der Waals surface area contributed by atoms with Crippen LogP contribution in [0.2, 0.25) is 0 Å². The molecule has 2 N–H and O–H groups in total. The van der Waals surface area contributed by atoms with Crippen LogP contribution in [0.3, 0.4) is 0 Å². The number of aliphatic hydroxyl groups excluding tert-OH is 1. The quantitative estimate of drug-likeness (QED) is 0.582. The van der Waals surface area contributed by atoms with Crippen LogP contribution in [-0.4, -0.2) is 28.0 Å². The molecule has 0 saturated carbocycles. The molecule has 0 fully saturated rings. The van der Waals surface area contributed by atoms with Crippen molar-refractivity contribution in [1.82, 2.24) is 5.06 Å². The zero-order valence-corrected chi connectivity index (χ0v) is 6.70. The van der Waals surface area contributed by atoms with Crippen LogP contribution < -0.4 is 0 Å². The molecule has 0 aliphatic heterocycles. The predicted molar refractivity (Wildman–Crippen MR) is 39.6 cm³/mol. The third-order valence-electron chi connectivity index (χ3n) is 0.859. The van der Waals surface area contributed by atoms with Crippen molar-refractivity contribution >= 4 is 0 Å². The van der Waals surface area contributed by atoms with Crippen molar-refractivity contribution in [3.63, 3.8) is 0 Å². The molecule has 0 rings (SSSR count). The first-order valence-corrected chi connectivity index (χ1v) is 3.31. The maximum atomic E-state index is 8.99. The highest BCUT2D eigenvalue weighted by atomic mass is 16.5. The summed E-state index contributed by atoms with van der Waals surface area (Å²) in [6.07, 6.45) is 1.08. The Morgan fingerprint density at radius 1 is 1.60 bits per heavy atom. The van der Waals surface area contributed by atoms with Gasteiger partial charge in [0.25, 0.3) is 0 Å². The Hall–Kier alpha value is -0.540. The molecular weight excluding hydrogens is 130 g/mol. The fourth-order valence-corrected chi connectivity index (χ4v) is 0.621. The van der Waals surface area contributed by atoms with Gasteiger partial charge in [0.1, 0.15) is 0 Å². The van der Waals surface area contributed by atoms with E-state index in [1.807, 2.05) is 13.8 Å². The summed E-state index contributed by atoms with van der Waals surface area (Å²) in [4.78, 5) is 0. The average Bonchev–Trinajstić information content (AvgIpc) is 1.58. The predicted octanol–water partition coefficient (Wildman–Crippen LogP) is 0.982. The summed E-state index contributed by atoms with van der Waals surface area (Å²) in [5.74, 6) is 0. The van der Waals surface area contributed by atoms with Crippen LogP contribution >= 0.6 is 0 Å². The largest absolute Gasteiger partial charge is 0.391 e. The normalized spacial score (nSPS) is 12.5. The second-order valence-electron chi connectivity index (χ2n) is 2.68. The van der Waals surface area contributed by atoms with Crippen LogP contribution in [-0.2, 0) is 0 Å². The van der Waals surface area contributed by atoms with Gasteiger partial charge in [0.2, 0.25) is 0 Å². The maximum absolute atomic E-state index is 8.99. The number of aliphatic hydroxyl groups is 1. The Kier molecular flexibility index (Phi) is 4.07. The summed E-state index contributed by atoms with van der Waals surface area (Å²) >= 11 is 0. The Bertz CT molecular complexity index is 117. The summed E-state index contributed by atoms with van der Waals surface area (Å²) in [6, 6.07) is 0. The van der Waals surface area contributed by atoms with E-state index in [0.717, 1.165) is 10.6 Å². The topological polar surface area (TPSA) is 43.7 Å².